The van der Waals surface area contributed by atoms with Gasteiger partial charge in [0.1, 0.15) is 13.2 Å². The molecule has 20 heavy (non-hydrogen) atoms. The lowest BCUT2D eigenvalue weighted by Gasteiger charge is -2.20. The first-order valence-electron chi connectivity index (χ1n) is 6.54. The molecule has 2 aromatic rings. The molecule has 1 aliphatic rings. The highest BCUT2D eigenvalue weighted by Crippen LogP contribution is 2.33. The van der Waals surface area contributed by atoms with Crippen LogP contribution < -0.4 is 9.47 Å². The molecule has 0 aliphatic carbocycles. The molecule has 3 nitrogen and oxygen atoms in total. The summed E-state index contributed by atoms with van der Waals surface area (Å²) in [7, 11) is 0. The lowest BCUT2D eigenvalue weighted by atomic mass is 10.0. The Hall–Kier alpha value is -1.52. The highest BCUT2D eigenvalue weighted by Gasteiger charge is 2.15. The fourth-order valence-corrected chi connectivity index (χ4v) is 2.72. The van der Waals surface area contributed by atoms with Gasteiger partial charge in [0.2, 0.25) is 0 Å². The normalized spacial score (nSPS) is 14.9. The second-order valence-corrected chi connectivity index (χ2v) is 5.67. The molecule has 0 bridgehead atoms. The van der Waals surface area contributed by atoms with Gasteiger partial charge in [-0.3, -0.25) is 0 Å². The smallest absolute Gasteiger partial charge is 0.161 e. The minimum absolute atomic E-state index is 0.554. The van der Waals surface area contributed by atoms with Gasteiger partial charge in [0, 0.05) is 10.9 Å². The Bertz CT molecular complexity index is 612. The van der Waals surface area contributed by atoms with Crippen molar-refractivity contribution in [1.29, 1.82) is 0 Å². The predicted molar refractivity (Wildman–Crippen MR) is 80.2 cm³/mol. The second-order valence-electron chi connectivity index (χ2n) is 4.75. The van der Waals surface area contributed by atoms with Crippen LogP contribution in [0.4, 0.5) is 0 Å². The van der Waals surface area contributed by atoms with Crippen molar-refractivity contribution in [3.63, 3.8) is 0 Å². The molecule has 0 spiro atoms. The van der Waals surface area contributed by atoms with Crippen molar-refractivity contribution in [3.05, 3.63) is 58.1 Å². The number of hydrogen-bond acceptors (Lipinski definition) is 3. The summed E-state index contributed by atoms with van der Waals surface area (Å²) in [4.78, 5) is 0. The van der Waals surface area contributed by atoms with Crippen LogP contribution in [-0.4, -0.2) is 18.3 Å². The van der Waals surface area contributed by atoms with Gasteiger partial charge >= 0.3 is 0 Å². The van der Waals surface area contributed by atoms with Gasteiger partial charge in [-0.15, -0.1) is 0 Å². The molecule has 0 saturated carbocycles. The molecule has 1 heterocycles. The van der Waals surface area contributed by atoms with Crippen LogP contribution in [0.5, 0.6) is 11.5 Å². The van der Waals surface area contributed by atoms with E-state index in [9.17, 15) is 5.11 Å². The lowest BCUT2D eigenvalue weighted by molar-refractivity contribution is 0.164. The van der Waals surface area contributed by atoms with Gasteiger partial charge in [-0.1, -0.05) is 34.1 Å². The van der Waals surface area contributed by atoms with E-state index < -0.39 is 6.10 Å². The standard InChI is InChI=1S/C16H15BrO3/c17-13-3-1-2-11(8-13)9-14(18)12-4-5-15-16(10-12)20-7-6-19-15/h1-5,8,10,14,18H,6-7,9H2. The number of aliphatic hydroxyl groups is 1. The minimum atomic E-state index is -0.555. The number of rotatable bonds is 3. The molecule has 0 radical (unpaired) electrons. The summed E-state index contributed by atoms with van der Waals surface area (Å²) >= 11 is 3.44. The number of ether oxygens (including phenoxy) is 2. The van der Waals surface area contributed by atoms with E-state index in [1.807, 2.05) is 42.5 Å². The summed E-state index contributed by atoms with van der Waals surface area (Å²) in [6.45, 7) is 1.13. The molecular weight excluding hydrogens is 320 g/mol. The third-order valence-electron chi connectivity index (χ3n) is 3.27. The number of hydrogen-bond donors (Lipinski definition) is 1. The van der Waals surface area contributed by atoms with Crippen molar-refractivity contribution >= 4 is 15.9 Å². The van der Waals surface area contributed by atoms with Crippen LogP contribution in [0.25, 0.3) is 0 Å². The Balaban J connectivity index is 1.78. The molecular formula is C16H15BrO3. The highest BCUT2D eigenvalue weighted by atomic mass is 79.9. The molecule has 1 N–H and O–H groups in total. The molecule has 0 fully saturated rings. The third kappa shape index (κ3) is 2.97. The van der Waals surface area contributed by atoms with Crippen molar-refractivity contribution < 1.29 is 14.6 Å². The molecule has 0 aromatic heterocycles. The number of aliphatic hydroxyl groups excluding tert-OH is 1. The van der Waals surface area contributed by atoms with Gasteiger partial charge in [-0.25, -0.2) is 0 Å². The number of fused-ring (bicyclic) bond motifs is 1. The summed E-state index contributed by atoms with van der Waals surface area (Å²) in [5.74, 6) is 1.46. The summed E-state index contributed by atoms with van der Waals surface area (Å²) in [5.41, 5.74) is 1.93. The van der Waals surface area contributed by atoms with Gasteiger partial charge in [0.15, 0.2) is 11.5 Å². The first-order chi connectivity index (χ1) is 9.72. The van der Waals surface area contributed by atoms with Gasteiger partial charge in [0.05, 0.1) is 6.10 Å². The number of benzene rings is 2. The predicted octanol–water partition coefficient (Wildman–Crippen LogP) is 3.50. The highest BCUT2D eigenvalue weighted by molar-refractivity contribution is 9.10. The first kappa shape index (κ1) is 13.5. The Labute approximate surface area is 126 Å². The largest absolute Gasteiger partial charge is 0.486 e. The molecule has 2 aromatic carbocycles. The molecule has 1 unspecified atom stereocenters. The molecule has 4 heteroatoms. The van der Waals surface area contributed by atoms with E-state index >= 15 is 0 Å². The zero-order valence-electron chi connectivity index (χ0n) is 10.9. The van der Waals surface area contributed by atoms with Crippen LogP contribution in [0.15, 0.2) is 46.9 Å². The minimum Gasteiger partial charge on any atom is -0.486 e. The zero-order chi connectivity index (χ0) is 13.9. The first-order valence-corrected chi connectivity index (χ1v) is 7.34. The summed E-state index contributed by atoms with van der Waals surface area (Å²) in [6.07, 6.45) is 0.0131. The quantitative estimate of drug-likeness (QED) is 0.933. The van der Waals surface area contributed by atoms with E-state index in [0.717, 1.165) is 21.3 Å². The maximum atomic E-state index is 10.4. The van der Waals surface area contributed by atoms with Gasteiger partial charge in [0.25, 0.3) is 0 Å². The van der Waals surface area contributed by atoms with Crippen molar-refractivity contribution in [3.8, 4) is 11.5 Å². The number of halogens is 1. The third-order valence-corrected chi connectivity index (χ3v) is 3.76. The van der Waals surface area contributed by atoms with Crippen LogP contribution in [-0.2, 0) is 6.42 Å². The van der Waals surface area contributed by atoms with E-state index in [4.69, 9.17) is 9.47 Å². The average Bonchev–Trinajstić information content (AvgIpc) is 2.47. The molecule has 1 atom stereocenters. The van der Waals surface area contributed by atoms with Crippen LogP contribution in [0, 0.1) is 0 Å². The molecule has 3 rings (SSSR count). The van der Waals surface area contributed by atoms with Crippen molar-refractivity contribution in [2.24, 2.45) is 0 Å². The Kier molecular flexibility index (Phi) is 3.94. The second kappa shape index (κ2) is 5.85. The SMILES string of the molecule is OC(Cc1cccc(Br)c1)c1ccc2c(c1)OCCO2. The maximum absolute atomic E-state index is 10.4. The van der Waals surface area contributed by atoms with Crippen LogP contribution >= 0.6 is 15.9 Å². The fraction of sp³-hybridized carbons (Fsp3) is 0.250. The van der Waals surface area contributed by atoms with Gasteiger partial charge in [-0.2, -0.15) is 0 Å². The molecule has 104 valence electrons. The van der Waals surface area contributed by atoms with Crippen LogP contribution in [0.3, 0.4) is 0 Å². The fourth-order valence-electron chi connectivity index (χ4n) is 2.27. The average molecular weight is 335 g/mol. The van der Waals surface area contributed by atoms with Crippen molar-refractivity contribution in [2.75, 3.05) is 13.2 Å². The van der Waals surface area contributed by atoms with E-state index in [1.54, 1.807) is 0 Å². The summed E-state index contributed by atoms with van der Waals surface area (Å²) in [5, 5.41) is 10.4. The Morgan fingerprint density at radius 1 is 1.05 bits per heavy atom. The monoisotopic (exact) mass is 334 g/mol. The van der Waals surface area contributed by atoms with E-state index in [0.29, 0.717) is 25.4 Å². The van der Waals surface area contributed by atoms with E-state index in [1.165, 1.54) is 0 Å². The van der Waals surface area contributed by atoms with Crippen LogP contribution in [0.2, 0.25) is 0 Å². The summed E-state index contributed by atoms with van der Waals surface area (Å²) < 4.78 is 12.0. The summed E-state index contributed by atoms with van der Waals surface area (Å²) in [6, 6.07) is 13.6. The van der Waals surface area contributed by atoms with Crippen molar-refractivity contribution in [1.82, 2.24) is 0 Å². The van der Waals surface area contributed by atoms with E-state index in [-0.39, 0.29) is 0 Å². The Morgan fingerprint density at radius 3 is 2.65 bits per heavy atom. The zero-order valence-corrected chi connectivity index (χ0v) is 12.5. The van der Waals surface area contributed by atoms with Gasteiger partial charge < -0.3 is 14.6 Å². The van der Waals surface area contributed by atoms with Crippen molar-refractivity contribution in [2.45, 2.75) is 12.5 Å². The van der Waals surface area contributed by atoms with E-state index in [2.05, 4.69) is 15.9 Å². The molecule has 0 amide bonds. The lowest BCUT2D eigenvalue weighted by Crippen LogP contribution is -2.15. The molecule has 0 saturated heterocycles. The maximum Gasteiger partial charge on any atom is 0.161 e. The van der Waals surface area contributed by atoms with Crippen LogP contribution in [0.1, 0.15) is 17.2 Å². The Morgan fingerprint density at radius 2 is 1.85 bits per heavy atom. The molecule has 1 aliphatic heterocycles. The van der Waals surface area contributed by atoms with Gasteiger partial charge in [-0.05, 0) is 35.4 Å². The topological polar surface area (TPSA) is 38.7 Å².